The molecule has 32 heavy (non-hydrogen) atoms. The normalized spacial score (nSPS) is 10.8. The van der Waals surface area contributed by atoms with Gasteiger partial charge in [-0.25, -0.2) is 4.98 Å². The fourth-order valence-corrected chi connectivity index (χ4v) is 4.71. The highest BCUT2D eigenvalue weighted by molar-refractivity contribution is 7.99. The minimum absolute atomic E-state index is 0.0275. The molecule has 0 aliphatic carbocycles. The molecule has 2 aromatic heterocycles. The highest BCUT2D eigenvalue weighted by Crippen LogP contribution is 2.22. The van der Waals surface area contributed by atoms with Crippen molar-refractivity contribution in [3.63, 3.8) is 0 Å². The van der Waals surface area contributed by atoms with Crippen LogP contribution in [0.15, 0.2) is 69.9 Å². The summed E-state index contributed by atoms with van der Waals surface area (Å²) in [5, 5.41) is 2.69. The van der Waals surface area contributed by atoms with E-state index in [2.05, 4.69) is 15.8 Å². The van der Waals surface area contributed by atoms with Gasteiger partial charge in [-0.1, -0.05) is 36.0 Å². The van der Waals surface area contributed by atoms with Gasteiger partial charge in [0.25, 0.3) is 11.5 Å². The van der Waals surface area contributed by atoms with Crippen molar-refractivity contribution in [2.24, 2.45) is 0 Å². The number of thiophene rings is 1. The summed E-state index contributed by atoms with van der Waals surface area (Å²) >= 11 is 2.41. The molecule has 0 fully saturated rings. The minimum atomic E-state index is -0.408. The number of thioether (sulfide) groups is 1. The lowest BCUT2D eigenvalue weighted by atomic mass is 10.1. The highest BCUT2D eigenvalue weighted by Gasteiger charge is 2.16. The van der Waals surface area contributed by atoms with Crippen molar-refractivity contribution in [2.45, 2.75) is 19.0 Å². The van der Waals surface area contributed by atoms with Crippen LogP contribution in [-0.2, 0) is 4.79 Å². The van der Waals surface area contributed by atoms with Gasteiger partial charge in [-0.15, -0.1) is 11.3 Å². The number of hydrazine groups is 1. The van der Waals surface area contributed by atoms with Crippen molar-refractivity contribution in [3.05, 3.63) is 86.3 Å². The Morgan fingerprint density at radius 2 is 1.78 bits per heavy atom. The fourth-order valence-electron chi connectivity index (χ4n) is 3.28. The molecule has 0 aliphatic heterocycles. The topological polar surface area (TPSA) is 93.1 Å². The third kappa shape index (κ3) is 4.74. The molecule has 4 rings (SSSR count). The van der Waals surface area contributed by atoms with Crippen molar-refractivity contribution in [2.75, 3.05) is 5.75 Å². The number of fused-ring (bicyclic) bond motifs is 1. The lowest BCUT2D eigenvalue weighted by Crippen LogP contribution is -2.42. The van der Waals surface area contributed by atoms with Gasteiger partial charge in [0.2, 0.25) is 5.91 Å². The number of rotatable bonds is 5. The summed E-state index contributed by atoms with van der Waals surface area (Å²) in [6.45, 7) is 3.93. The van der Waals surface area contributed by atoms with Crippen LogP contribution in [0.4, 0.5) is 0 Å². The van der Waals surface area contributed by atoms with Crippen LogP contribution in [0, 0.1) is 13.8 Å². The molecule has 0 radical (unpaired) electrons. The van der Waals surface area contributed by atoms with Gasteiger partial charge in [0.05, 0.1) is 27.2 Å². The molecule has 2 N–H and O–H groups in total. The molecule has 7 nitrogen and oxygen atoms in total. The number of hydrogen-bond donors (Lipinski definition) is 2. The predicted molar refractivity (Wildman–Crippen MR) is 127 cm³/mol. The van der Waals surface area contributed by atoms with Gasteiger partial charge in [-0.05, 0) is 60.7 Å². The second kappa shape index (κ2) is 9.37. The van der Waals surface area contributed by atoms with E-state index in [0.29, 0.717) is 26.6 Å². The van der Waals surface area contributed by atoms with Crippen LogP contribution in [0.3, 0.4) is 0 Å². The SMILES string of the molecule is Cc1cc(C)cc(-n2c(SCC(=O)NNC(=O)c3cccs3)nc3ccccc3c2=O)c1. The van der Waals surface area contributed by atoms with Crippen molar-refractivity contribution in [1.29, 1.82) is 0 Å². The molecule has 162 valence electrons. The van der Waals surface area contributed by atoms with Crippen LogP contribution >= 0.6 is 23.1 Å². The molecular formula is C23H20N4O3S2. The smallest absolute Gasteiger partial charge is 0.272 e. The van der Waals surface area contributed by atoms with Crippen LogP contribution in [-0.4, -0.2) is 27.1 Å². The molecule has 2 aromatic carbocycles. The number of nitrogens with one attached hydrogen (secondary N) is 2. The zero-order valence-corrected chi connectivity index (χ0v) is 19.0. The molecule has 0 spiro atoms. The van der Waals surface area contributed by atoms with Crippen LogP contribution in [0.5, 0.6) is 0 Å². The van der Waals surface area contributed by atoms with Crippen LogP contribution in [0.25, 0.3) is 16.6 Å². The van der Waals surface area contributed by atoms with Gasteiger partial charge in [0, 0.05) is 0 Å². The van der Waals surface area contributed by atoms with E-state index in [4.69, 9.17) is 0 Å². The number of aryl methyl sites for hydroxylation is 2. The Balaban J connectivity index is 1.60. The molecule has 0 atom stereocenters. The van der Waals surface area contributed by atoms with Crippen LogP contribution in [0.1, 0.15) is 20.8 Å². The average Bonchev–Trinajstić information content (AvgIpc) is 3.30. The summed E-state index contributed by atoms with van der Waals surface area (Å²) in [6.07, 6.45) is 0. The maximum Gasteiger partial charge on any atom is 0.279 e. The molecule has 0 saturated heterocycles. The largest absolute Gasteiger partial charge is 0.279 e. The minimum Gasteiger partial charge on any atom is -0.272 e. The Kier molecular flexibility index (Phi) is 6.38. The summed E-state index contributed by atoms with van der Waals surface area (Å²) in [7, 11) is 0. The molecule has 4 aromatic rings. The van der Waals surface area contributed by atoms with E-state index in [0.717, 1.165) is 22.9 Å². The standard InChI is InChI=1S/C23H20N4O3S2/c1-14-10-15(2)12-16(11-14)27-22(30)17-6-3-4-7-18(17)24-23(27)32-13-20(28)25-26-21(29)19-8-5-9-31-19/h3-12H,13H2,1-2H3,(H,25,28)(H,26,29). The number of carbonyl (C=O) groups excluding carboxylic acids is 2. The molecule has 2 heterocycles. The van der Waals surface area contributed by atoms with E-state index in [1.165, 1.54) is 15.9 Å². The Morgan fingerprint density at radius 3 is 2.50 bits per heavy atom. The Hall–Kier alpha value is -3.43. The first-order chi connectivity index (χ1) is 15.4. The quantitative estimate of drug-likeness (QED) is 0.267. The number of nitrogens with zero attached hydrogens (tertiary/aromatic N) is 2. The van der Waals surface area contributed by atoms with E-state index < -0.39 is 5.91 Å². The van der Waals surface area contributed by atoms with Gasteiger partial charge in [-0.2, -0.15) is 0 Å². The Bertz CT molecular complexity index is 1340. The van der Waals surface area contributed by atoms with Crippen LogP contribution < -0.4 is 16.4 Å². The number of benzene rings is 2. The third-order valence-electron chi connectivity index (χ3n) is 4.60. The second-order valence-corrected chi connectivity index (χ2v) is 9.06. The lowest BCUT2D eigenvalue weighted by Gasteiger charge is -2.14. The van der Waals surface area contributed by atoms with Crippen molar-refractivity contribution in [1.82, 2.24) is 20.4 Å². The molecule has 2 amide bonds. The van der Waals surface area contributed by atoms with E-state index in [1.54, 1.807) is 35.7 Å². The fraction of sp³-hybridized carbons (Fsp3) is 0.130. The zero-order valence-electron chi connectivity index (χ0n) is 17.4. The van der Waals surface area contributed by atoms with Gasteiger partial charge < -0.3 is 0 Å². The summed E-state index contributed by atoms with van der Waals surface area (Å²) < 4.78 is 1.53. The van der Waals surface area contributed by atoms with Gasteiger partial charge >= 0.3 is 0 Å². The number of para-hydroxylation sites is 1. The maximum absolute atomic E-state index is 13.3. The van der Waals surface area contributed by atoms with Gasteiger partial charge in [0.1, 0.15) is 0 Å². The third-order valence-corrected chi connectivity index (χ3v) is 6.41. The molecule has 0 bridgehead atoms. The Morgan fingerprint density at radius 1 is 1.03 bits per heavy atom. The van der Waals surface area contributed by atoms with E-state index in [9.17, 15) is 14.4 Å². The predicted octanol–water partition coefficient (Wildman–Crippen LogP) is 3.62. The number of carbonyl (C=O) groups is 2. The highest BCUT2D eigenvalue weighted by atomic mass is 32.2. The number of hydrogen-bond acceptors (Lipinski definition) is 6. The van der Waals surface area contributed by atoms with Crippen molar-refractivity contribution >= 4 is 45.8 Å². The molecule has 0 unspecified atom stereocenters. The van der Waals surface area contributed by atoms with Crippen LogP contribution in [0.2, 0.25) is 0 Å². The van der Waals surface area contributed by atoms with Gasteiger partial charge in [0.15, 0.2) is 5.16 Å². The summed E-state index contributed by atoms with van der Waals surface area (Å²) in [5.41, 5.74) is 7.89. The summed E-state index contributed by atoms with van der Waals surface area (Å²) in [4.78, 5) is 42.8. The monoisotopic (exact) mass is 464 g/mol. The van der Waals surface area contributed by atoms with E-state index in [1.807, 2.05) is 38.1 Å². The molecule has 9 heteroatoms. The second-order valence-electron chi connectivity index (χ2n) is 7.17. The maximum atomic E-state index is 13.3. The van der Waals surface area contributed by atoms with E-state index >= 15 is 0 Å². The molecule has 0 aliphatic rings. The molecular weight excluding hydrogens is 444 g/mol. The number of amides is 2. The van der Waals surface area contributed by atoms with Gasteiger partial charge in [-0.3, -0.25) is 29.8 Å². The van der Waals surface area contributed by atoms with Crippen molar-refractivity contribution < 1.29 is 9.59 Å². The number of aromatic nitrogens is 2. The van der Waals surface area contributed by atoms with E-state index in [-0.39, 0.29) is 17.2 Å². The Labute approximate surface area is 192 Å². The lowest BCUT2D eigenvalue weighted by molar-refractivity contribution is -0.119. The average molecular weight is 465 g/mol. The first-order valence-electron chi connectivity index (χ1n) is 9.78. The first kappa shape index (κ1) is 21.8. The summed E-state index contributed by atoms with van der Waals surface area (Å²) in [5.74, 6) is -0.816. The first-order valence-corrected chi connectivity index (χ1v) is 11.6. The van der Waals surface area contributed by atoms with Crippen molar-refractivity contribution in [3.8, 4) is 5.69 Å². The molecule has 0 saturated carbocycles. The summed E-state index contributed by atoms with van der Waals surface area (Å²) in [6, 6.07) is 16.4. The zero-order chi connectivity index (χ0) is 22.7.